The fourth-order valence-electron chi connectivity index (χ4n) is 4.21. The molecule has 0 saturated carbocycles. The van der Waals surface area contributed by atoms with E-state index in [1.807, 2.05) is 13.8 Å². The van der Waals surface area contributed by atoms with Crippen LogP contribution < -0.4 is 14.9 Å². The van der Waals surface area contributed by atoms with Gasteiger partial charge >= 0.3 is 0 Å². The molecule has 0 saturated heterocycles. The summed E-state index contributed by atoms with van der Waals surface area (Å²) in [5.74, 6) is 0.549. The van der Waals surface area contributed by atoms with Crippen LogP contribution in [-0.4, -0.2) is 32.6 Å². The second-order valence-electron chi connectivity index (χ2n) is 9.43. The van der Waals surface area contributed by atoms with Crippen molar-refractivity contribution in [3.05, 3.63) is 51.9 Å². The zero-order chi connectivity index (χ0) is 23.0. The van der Waals surface area contributed by atoms with Gasteiger partial charge in [0.15, 0.2) is 0 Å². The van der Waals surface area contributed by atoms with E-state index in [2.05, 4.69) is 0 Å². The number of hydrogen-bond donors (Lipinski definition) is 3. The Bertz CT molecular complexity index is 1360. The summed E-state index contributed by atoms with van der Waals surface area (Å²) in [5, 5.41) is 32.1. The highest BCUT2D eigenvalue weighted by atomic mass is 16.5. The molecule has 3 N–H and O–H groups in total. The first-order valence-electron chi connectivity index (χ1n) is 10.4. The molecule has 0 aliphatic carbocycles. The molecule has 0 bridgehead atoms. The summed E-state index contributed by atoms with van der Waals surface area (Å²) >= 11 is 0. The van der Waals surface area contributed by atoms with Crippen LogP contribution >= 0.6 is 0 Å². The van der Waals surface area contributed by atoms with Gasteiger partial charge in [0.1, 0.15) is 51.9 Å². The highest BCUT2D eigenvalue weighted by molar-refractivity contribution is 5.93. The molecular weight excluding hydrogens is 412 g/mol. The molecule has 7 heteroatoms. The van der Waals surface area contributed by atoms with E-state index in [4.69, 9.17) is 13.9 Å². The fraction of sp³-hybridized carbons (Fsp3) is 0.320. The Kier molecular flexibility index (Phi) is 4.17. The van der Waals surface area contributed by atoms with Crippen molar-refractivity contribution in [1.82, 2.24) is 0 Å². The Balaban J connectivity index is 1.66. The van der Waals surface area contributed by atoms with Gasteiger partial charge in [-0.3, -0.25) is 4.79 Å². The van der Waals surface area contributed by atoms with Crippen LogP contribution in [0, 0.1) is 0 Å². The number of phenols is 2. The third kappa shape index (κ3) is 3.04. The largest absolute Gasteiger partial charge is 0.507 e. The van der Waals surface area contributed by atoms with Gasteiger partial charge in [-0.25, -0.2) is 0 Å². The predicted octanol–water partition coefficient (Wildman–Crippen LogP) is 4.13. The van der Waals surface area contributed by atoms with Gasteiger partial charge in [0, 0.05) is 23.6 Å². The van der Waals surface area contributed by atoms with E-state index in [1.165, 1.54) is 6.26 Å². The van der Waals surface area contributed by atoms with Gasteiger partial charge in [-0.1, -0.05) is 0 Å². The lowest BCUT2D eigenvalue weighted by molar-refractivity contribution is -0.0229. The summed E-state index contributed by atoms with van der Waals surface area (Å²) in [7, 11) is 0. The van der Waals surface area contributed by atoms with Crippen LogP contribution in [-0.2, 0) is 6.42 Å². The average molecular weight is 436 g/mol. The van der Waals surface area contributed by atoms with E-state index in [0.717, 1.165) is 0 Å². The fourth-order valence-corrected chi connectivity index (χ4v) is 4.21. The molecule has 2 aliphatic heterocycles. The molecule has 7 nitrogen and oxygen atoms in total. The molecule has 0 fully saturated rings. The summed E-state index contributed by atoms with van der Waals surface area (Å²) in [6.07, 6.45) is 4.58. The second kappa shape index (κ2) is 6.53. The maximum atomic E-state index is 13.4. The third-order valence-electron chi connectivity index (χ3n) is 6.04. The van der Waals surface area contributed by atoms with Crippen molar-refractivity contribution in [3.8, 4) is 34.1 Å². The number of phenolic OH excluding ortho intramolecular Hbond substituents is 2. The van der Waals surface area contributed by atoms with Gasteiger partial charge in [0.25, 0.3) is 0 Å². The lowest BCUT2D eigenvalue weighted by Crippen LogP contribution is -2.39. The normalized spacial score (nSPS) is 18.7. The molecule has 2 aliphatic rings. The molecule has 3 heterocycles. The number of fused-ring (bicyclic) bond motifs is 3. The van der Waals surface area contributed by atoms with Crippen LogP contribution in [0.5, 0.6) is 23.0 Å². The van der Waals surface area contributed by atoms with Crippen LogP contribution in [0.1, 0.15) is 38.8 Å². The highest BCUT2D eigenvalue weighted by Gasteiger charge is 2.37. The lowest BCUT2D eigenvalue weighted by atomic mass is 9.94. The molecule has 5 rings (SSSR count). The first kappa shape index (κ1) is 20.5. The van der Waals surface area contributed by atoms with Crippen LogP contribution in [0.25, 0.3) is 28.2 Å². The van der Waals surface area contributed by atoms with Gasteiger partial charge in [0.05, 0.1) is 16.7 Å². The first-order chi connectivity index (χ1) is 15.0. The molecule has 1 atom stereocenters. The zero-order valence-corrected chi connectivity index (χ0v) is 18.2. The molecular formula is C25H24O7. The molecule has 0 amide bonds. The van der Waals surface area contributed by atoms with Crippen LogP contribution in [0.2, 0.25) is 0 Å². The Morgan fingerprint density at radius 3 is 2.56 bits per heavy atom. The number of rotatable bonds is 2. The van der Waals surface area contributed by atoms with Crippen LogP contribution in [0.15, 0.2) is 39.7 Å². The maximum absolute atomic E-state index is 13.4. The summed E-state index contributed by atoms with van der Waals surface area (Å²) in [4.78, 5) is 13.4. The van der Waals surface area contributed by atoms with Gasteiger partial charge in [-0.2, -0.15) is 0 Å². The zero-order valence-electron chi connectivity index (χ0n) is 18.2. The molecule has 3 aromatic rings. The smallest absolute Gasteiger partial charge is 0.204 e. The number of benzene rings is 2. The van der Waals surface area contributed by atoms with E-state index >= 15 is 0 Å². The minimum atomic E-state index is -1.09. The van der Waals surface area contributed by atoms with Gasteiger partial charge in [0.2, 0.25) is 5.43 Å². The molecule has 0 radical (unpaired) electrons. The van der Waals surface area contributed by atoms with Gasteiger partial charge in [-0.15, -0.1) is 0 Å². The Hall–Kier alpha value is -3.45. The van der Waals surface area contributed by atoms with Crippen molar-refractivity contribution in [1.29, 1.82) is 0 Å². The summed E-state index contributed by atoms with van der Waals surface area (Å²) in [6.45, 7) is 7.05. The minimum absolute atomic E-state index is 0.0136. The number of hydrogen-bond acceptors (Lipinski definition) is 7. The van der Waals surface area contributed by atoms with E-state index in [0.29, 0.717) is 29.0 Å². The topological polar surface area (TPSA) is 109 Å². The molecule has 32 heavy (non-hydrogen) atoms. The quantitative estimate of drug-likeness (QED) is 0.554. The SMILES string of the molecule is CC1(C)C=Cc2c(cc3occ(-c4ccc5c(c4O)C[C@@H](C(C)(C)O)O5)c(=O)c3c2O)O1. The Labute approximate surface area is 184 Å². The van der Waals surface area contributed by atoms with E-state index < -0.39 is 22.7 Å². The van der Waals surface area contributed by atoms with Gasteiger partial charge < -0.3 is 29.2 Å². The minimum Gasteiger partial charge on any atom is -0.507 e. The van der Waals surface area contributed by atoms with Crippen molar-refractivity contribution in [3.63, 3.8) is 0 Å². The predicted molar refractivity (Wildman–Crippen MR) is 119 cm³/mol. The Morgan fingerprint density at radius 2 is 1.84 bits per heavy atom. The monoisotopic (exact) mass is 436 g/mol. The van der Waals surface area contributed by atoms with E-state index in [1.54, 1.807) is 44.2 Å². The van der Waals surface area contributed by atoms with E-state index in [-0.39, 0.29) is 33.6 Å². The van der Waals surface area contributed by atoms with Crippen molar-refractivity contribution in [2.24, 2.45) is 0 Å². The summed E-state index contributed by atoms with van der Waals surface area (Å²) in [5.41, 5.74) is -0.631. The highest BCUT2D eigenvalue weighted by Crippen LogP contribution is 2.45. The second-order valence-corrected chi connectivity index (χ2v) is 9.43. The van der Waals surface area contributed by atoms with Gasteiger partial charge in [-0.05, 0) is 52.0 Å². The molecule has 0 spiro atoms. The van der Waals surface area contributed by atoms with Crippen molar-refractivity contribution < 1.29 is 29.2 Å². The molecule has 2 aromatic carbocycles. The first-order valence-corrected chi connectivity index (χ1v) is 10.4. The van der Waals surface area contributed by atoms with Crippen molar-refractivity contribution in [2.45, 2.75) is 51.4 Å². The third-order valence-corrected chi connectivity index (χ3v) is 6.04. The average Bonchev–Trinajstić information content (AvgIpc) is 3.14. The maximum Gasteiger partial charge on any atom is 0.204 e. The molecule has 1 aromatic heterocycles. The number of aliphatic hydroxyl groups is 1. The summed E-state index contributed by atoms with van der Waals surface area (Å²) < 4.78 is 17.4. The van der Waals surface area contributed by atoms with Crippen LogP contribution in [0.4, 0.5) is 0 Å². The van der Waals surface area contributed by atoms with Crippen molar-refractivity contribution >= 4 is 17.0 Å². The van der Waals surface area contributed by atoms with Crippen molar-refractivity contribution in [2.75, 3.05) is 0 Å². The molecule has 166 valence electrons. The standard InChI is InChI=1S/C25H24O7/c1-24(2)8-7-13-17(32-24)10-18-20(22(13)27)23(28)15(11-30-18)12-5-6-16-14(21(12)26)9-19(31-16)25(3,4)29/h5-8,10-11,19,26-27,29H,9H2,1-4H3/t19-/m0/s1. The number of aromatic hydroxyl groups is 2. The lowest BCUT2D eigenvalue weighted by Gasteiger charge is -2.28. The van der Waals surface area contributed by atoms with Crippen LogP contribution in [0.3, 0.4) is 0 Å². The summed E-state index contributed by atoms with van der Waals surface area (Å²) in [6, 6.07) is 4.82. The van der Waals surface area contributed by atoms with E-state index in [9.17, 15) is 20.1 Å². The number of ether oxygens (including phenoxy) is 2. The Morgan fingerprint density at radius 1 is 1.09 bits per heavy atom. The molecule has 0 unspecified atom stereocenters.